The molecule has 0 saturated carbocycles. The summed E-state index contributed by atoms with van der Waals surface area (Å²) in [5, 5.41) is 3.10. The maximum absolute atomic E-state index is 12.5. The second-order valence-corrected chi connectivity index (χ2v) is 6.22. The first-order valence-electron chi connectivity index (χ1n) is 8.40. The lowest BCUT2D eigenvalue weighted by atomic mass is 9.88. The molecule has 0 spiro atoms. The third kappa shape index (κ3) is 3.40. The van der Waals surface area contributed by atoms with E-state index in [1.165, 1.54) is 11.1 Å². The van der Waals surface area contributed by atoms with Crippen molar-refractivity contribution in [3.05, 3.63) is 77.9 Å². The number of nitrogens with zero attached hydrogens (tertiary/aromatic N) is 3. The molecule has 1 aromatic carbocycles. The third-order valence-corrected chi connectivity index (χ3v) is 4.52. The molecule has 2 aromatic heterocycles. The number of carbonyl (C=O) groups excluding carboxylic acids is 1. The summed E-state index contributed by atoms with van der Waals surface area (Å²) >= 11 is 0. The zero-order valence-electron chi connectivity index (χ0n) is 13.7. The average molecular weight is 330 g/mol. The molecule has 1 amide bonds. The minimum atomic E-state index is -0.123. The summed E-state index contributed by atoms with van der Waals surface area (Å²) in [5.74, 6) is 0.443. The summed E-state index contributed by atoms with van der Waals surface area (Å²) in [6.07, 6.45) is 9.37. The van der Waals surface area contributed by atoms with Gasteiger partial charge in [0.05, 0.1) is 5.56 Å². The van der Waals surface area contributed by atoms with Crippen molar-refractivity contribution in [3.63, 3.8) is 0 Å². The standard InChI is InChI=1S/C20H18N4O/c25-20(24-18-8-7-14-4-1-2-5-15(14)10-18)17-12-22-19(23-13-17)16-6-3-9-21-11-16/h1-6,9,11-13,18H,7-8,10H2,(H,24,25). The second kappa shape index (κ2) is 6.81. The number of amides is 1. The van der Waals surface area contributed by atoms with Crippen LogP contribution in [0.2, 0.25) is 0 Å². The highest BCUT2D eigenvalue weighted by atomic mass is 16.1. The summed E-state index contributed by atoms with van der Waals surface area (Å²) in [6, 6.07) is 12.3. The van der Waals surface area contributed by atoms with Gasteiger partial charge in [0.15, 0.2) is 5.82 Å². The predicted molar refractivity (Wildman–Crippen MR) is 95.0 cm³/mol. The molecule has 25 heavy (non-hydrogen) atoms. The minimum absolute atomic E-state index is 0.123. The van der Waals surface area contributed by atoms with Crippen LogP contribution in [0.15, 0.2) is 61.2 Å². The number of pyridine rings is 1. The molecule has 3 aromatic rings. The van der Waals surface area contributed by atoms with E-state index in [-0.39, 0.29) is 11.9 Å². The van der Waals surface area contributed by atoms with E-state index in [0.29, 0.717) is 11.4 Å². The molecule has 5 nitrogen and oxygen atoms in total. The molecule has 0 aliphatic heterocycles. The van der Waals surface area contributed by atoms with Gasteiger partial charge in [-0.3, -0.25) is 9.78 Å². The summed E-state index contributed by atoms with van der Waals surface area (Å²) in [6.45, 7) is 0. The fourth-order valence-electron chi connectivity index (χ4n) is 3.18. The number of nitrogens with one attached hydrogen (secondary N) is 1. The lowest BCUT2D eigenvalue weighted by Gasteiger charge is -2.25. The molecular weight excluding hydrogens is 312 g/mol. The molecule has 1 N–H and O–H groups in total. The molecule has 0 bridgehead atoms. The smallest absolute Gasteiger partial charge is 0.254 e. The van der Waals surface area contributed by atoms with Crippen LogP contribution in [0.3, 0.4) is 0 Å². The molecular formula is C20H18N4O. The van der Waals surface area contributed by atoms with Crippen LogP contribution < -0.4 is 5.32 Å². The van der Waals surface area contributed by atoms with Gasteiger partial charge in [0, 0.05) is 36.4 Å². The Morgan fingerprint density at radius 2 is 1.80 bits per heavy atom. The van der Waals surface area contributed by atoms with E-state index in [1.54, 1.807) is 24.8 Å². The van der Waals surface area contributed by atoms with E-state index < -0.39 is 0 Å². The van der Waals surface area contributed by atoms with Crippen molar-refractivity contribution < 1.29 is 4.79 Å². The van der Waals surface area contributed by atoms with Gasteiger partial charge in [0.1, 0.15) is 0 Å². The molecule has 1 aliphatic rings. The Morgan fingerprint density at radius 3 is 2.56 bits per heavy atom. The monoisotopic (exact) mass is 330 g/mol. The average Bonchev–Trinajstić information content (AvgIpc) is 2.69. The largest absolute Gasteiger partial charge is 0.349 e. The normalized spacial score (nSPS) is 16.1. The summed E-state index contributed by atoms with van der Waals surface area (Å²) in [5.41, 5.74) is 4.02. The van der Waals surface area contributed by atoms with Crippen molar-refractivity contribution in [3.8, 4) is 11.4 Å². The number of aromatic nitrogens is 3. The molecule has 1 unspecified atom stereocenters. The highest BCUT2D eigenvalue weighted by Gasteiger charge is 2.20. The van der Waals surface area contributed by atoms with Gasteiger partial charge < -0.3 is 5.32 Å². The molecule has 1 atom stereocenters. The number of benzene rings is 1. The minimum Gasteiger partial charge on any atom is -0.349 e. The molecule has 5 heteroatoms. The lowest BCUT2D eigenvalue weighted by molar-refractivity contribution is 0.0933. The molecule has 2 heterocycles. The lowest BCUT2D eigenvalue weighted by Crippen LogP contribution is -2.38. The first-order chi connectivity index (χ1) is 12.3. The summed E-state index contributed by atoms with van der Waals surface area (Å²) < 4.78 is 0. The van der Waals surface area contributed by atoms with Crippen molar-refractivity contribution in [2.75, 3.05) is 0 Å². The van der Waals surface area contributed by atoms with Crippen LogP contribution in [0.5, 0.6) is 0 Å². The number of hydrogen-bond donors (Lipinski definition) is 1. The molecule has 4 rings (SSSR count). The van der Waals surface area contributed by atoms with E-state index >= 15 is 0 Å². The fraction of sp³-hybridized carbons (Fsp3) is 0.200. The zero-order chi connectivity index (χ0) is 17.1. The number of rotatable bonds is 3. The Balaban J connectivity index is 1.43. The van der Waals surface area contributed by atoms with Crippen LogP contribution >= 0.6 is 0 Å². The van der Waals surface area contributed by atoms with E-state index in [9.17, 15) is 4.79 Å². The Hall–Kier alpha value is -3.08. The molecule has 0 saturated heterocycles. The van der Waals surface area contributed by atoms with Gasteiger partial charge in [-0.1, -0.05) is 24.3 Å². The molecule has 0 radical (unpaired) electrons. The summed E-state index contributed by atoms with van der Waals surface area (Å²) in [7, 11) is 0. The molecule has 124 valence electrons. The van der Waals surface area contributed by atoms with Crippen LogP contribution in [0, 0.1) is 0 Å². The number of aryl methyl sites for hydroxylation is 1. The number of fused-ring (bicyclic) bond motifs is 1. The van der Waals surface area contributed by atoms with Gasteiger partial charge in [0.25, 0.3) is 5.91 Å². The Bertz CT molecular complexity index is 878. The van der Waals surface area contributed by atoms with E-state index in [0.717, 1.165) is 24.8 Å². The van der Waals surface area contributed by atoms with Crippen molar-refractivity contribution in [1.82, 2.24) is 20.3 Å². The van der Waals surface area contributed by atoms with Crippen LogP contribution in [0.4, 0.5) is 0 Å². The van der Waals surface area contributed by atoms with Gasteiger partial charge in [-0.15, -0.1) is 0 Å². The summed E-state index contributed by atoms with van der Waals surface area (Å²) in [4.78, 5) is 25.1. The maximum Gasteiger partial charge on any atom is 0.254 e. The predicted octanol–water partition coefficient (Wildman–Crippen LogP) is 2.83. The van der Waals surface area contributed by atoms with Crippen LogP contribution in [0.1, 0.15) is 27.9 Å². The van der Waals surface area contributed by atoms with Crippen molar-refractivity contribution in [2.24, 2.45) is 0 Å². The fourth-order valence-corrected chi connectivity index (χ4v) is 3.18. The van der Waals surface area contributed by atoms with Crippen molar-refractivity contribution in [2.45, 2.75) is 25.3 Å². The van der Waals surface area contributed by atoms with Crippen LogP contribution in [0.25, 0.3) is 11.4 Å². The highest BCUT2D eigenvalue weighted by Crippen LogP contribution is 2.21. The number of carbonyl (C=O) groups is 1. The Kier molecular flexibility index (Phi) is 4.21. The quantitative estimate of drug-likeness (QED) is 0.802. The van der Waals surface area contributed by atoms with Gasteiger partial charge in [-0.2, -0.15) is 0 Å². The number of hydrogen-bond acceptors (Lipinski definition) is 4. The zero-order valence-corrected chi connectivity index (χ0v) is 13.7. The first kappa shape index (κ1) is 15.4. The van der Waals surface area contributed by atoms with Gasteiger partial charge >= 0.3 is 0 Å². The van der Waals surface area contributed by atoms with E-state index in [2.05, 4.69) is 38.5 Å². The second-order valence-electron chi connectivity index (χ2n) is 6.22. The topological polar surface area (TPSA) is 67.8 Å². The maximum atomic E-state index is 12.5. The molecule has 0 fully saturated rings. The van der Waals surface area contributed by atoms with Gasteiger partial charge in [-0.05, 0) is 42.5 Å². The molecule has 1 aliphatic carbocycles. The Morgan fingerprint density at radius 1 is 1.00 bits per heavy atom. The van der Waals surface area contributed by atoms with Crippen LogP contribution in [-0.2, 0) is 12.8 Å². The van der Waals surface area contributed by atoms with E-state index in [4.69, 9.17) is 0 Å². The van der Waals surface area contributed by atoms with Gasteiger partial charge in [-0.25, -0.2) is 9.97 Å². The highest BCUT2D eigenvalue weighted by molar-refractivity contribution is 5.93. The van der Waals surface area contributed by atoms with E-state index in [1.807, 2.05) is 18.2 Å². The van der Waals surface area contributed by atoms with Crippen LogP contribution in [-0.4, -0.2) is 26.9 Å². The Labute approximate surface area is 146 Å². The van der Waals surface area contributed by atoms with Gasteiger partial charge in [0.2, 0.25) is 0 Å². The third-order valence-electron chi connectivity index (χ3n) is 4.52. The van der Waals surface area contributed by atoms with Crippen molar-refractivity contribution >= 4 is 5.91 Å². The van der Waals surface area contributed by atoms with Crippen molar-refractivity contribution in [1.29, 1.82) is 0 Å². The first-order valence-corrected chi connectivity index (χ1v) is 8.40. The SMILES string of the molecule is O=C(NC1CCc2ccccc2C1)c1cnc(-c2cccnc2)nc1.